The summed E-state index contributed by atoms with van der Waals surface area (Å²) in [7, 11) is 2.70. The van der Waals surface area contributed by atoms with Crippen molar-refractivity contribution >= 4 is 51.7 Å². The number of nitrogens with zero attached hydrogens (tertiary/aromatic N) is 3. The van der Waals surface area contributed by atoms with Gasteiger partial charge in [0.2, 0.25) is 0 Å². The molecule has 0 bridgehead atoms. The van der Waals surface area contributed by atoms with Gasteiger partial charge in [-0.15, -0.1) is 23.1 Å². The SMILES string of the molecule is COCC1=C(C(=O)[O-])N2C(=O)[C@@H](NC(=O)/C(=N\OC)c3csc(N)n3)[C@H]2SC1.[Na+]. The molecule has 2 aliphatic rings. The van der Waals surface area contributed by atoms with Gasteiger partial charge in [-0.05, 0) is 5.57 Å². The largest absolute Gasteiger partial charge is 1.00 e. The van der Waals surface area contributed by atoms with Crippen molar-refractivity contribution in [3.05, 3.63) is 22.3 Å². The number of hydrogen-bond donors (Lipinski definition) is 2. The second-order valence-corrected chi connectivity index (χ2v) is 7.72. The number of aromatic nitrogens is 1. The fraction of sp³-hybridized carbons (Fsp3) is 0.400. The second-order valence-electron chi connectivity index (χ2n) is 5.73. The summed E-state index contributed by atoms with van der Waals surface area (Å²) in [5.74, 6) is -2.38. The van der Waals surface area contributed by atoms with Gasteiger partial charge in [-0.25, -0.2) is 4.98 Å². The number of amides is 2. The molecule has 1 saturated heterocycles. The number of ether oxygens (including phenoxy) is 1. The van der Waals surface area contributed by atoms with Crippen molar-refractivity contribution in [2.24, 2.45) is 5.16 Å². The number of carboxylic acids is 1. The molecule has 0 aromatic carbocycles. The first-order valence-corrected chi connectivity index (χ1v) is 9.82. The molecule has 2 atom stereocenters. The normalized spacial score (nSPS) is 21.1. The van der Waals surface area contributed by atoms with E-state index >= 15 is 0 Å². The van der Waals surface area contributed by atoms with Gasteiger partial charge in [0.15, 0.2) is 10.8 Å². The Labute approximate surface area is 196 Å². The van der Waals surface area contributed by atoms with Gasteiger partial charge in [0.05, 0.1) is 18.3 Å². The third-order valence-corrected chi connectivity index (χ3v) is 6.02. The molecule has 0 unspecified atom stereocenters. The number of nitrogens with two attached hydrogens (primary N) is 1. The molecule has 0 aliphatic carbocycles. The first-order chi connectivity index (χ1) is 13.4. The van der Waals surface area contributed by atoms with E-state index in [1.807, 2.05) is 0 Å². The number of β-lactam (4-membered cyclic amide) rings is 1. The summed E-state index contributed by atoms with van der Waals surface area (Å²) in [6.45, 7) is 0.0692. The number of rotatable bonds is 7. The van der Waals surface area contributed by atoms with E-state index in [9.17, 15) is 19.5 Å². The predicted molar refractivity (Wildman–Crippen MR) is 99.0 cm³/mol. The zero-order valence-electron chi connectivity index (χ0n) is 15.8. The molecular weight excluding hydrogens is 433 g/mol. The van der Waals surface area contributed by atoms with E-state index in [-0.39, 0.29) is 58.4 Å². The molecule has 3 heterocycles. The zero-order valence-corrected chi connectivity index (χ0v) is 19.5. The number of thiazole rings is 1. The van der Waals surface area contributed by atoms with E-state index in [4.69, 9.17) is 10.5 Å². The van der Waals surface area contributed by atoms with Crippen molar-refractivity contribution in [2.75, 3.05) is 32.3 Å². The molecule has 150 valence electrons. The van der Waals surface area contributed by atoms with Crippen LogP contribution in [0.15, 0.2) is 21.8 Å². The Hall–Kier alpha value is -1.64. The van der Waals surface area contributed by atoms with Crippen LogP contribution in [0.1, 0.15) is 5.69 Å². The molecule has 29 heavy (non-hydrogen) atoms. The summed E-state index contributed by atoms with van der Waals surface area (Å²) >= 11 is 2.44. The van der Waals surface area contributed by atoms with E-state index in [1.165, 1.54) is 31.4 Å². The van der Waals surface area contributed by atoms with Crippen LogP contribution in [-0.2, 0) is 24.0 Å². The summed E-state index contributed by atoms with van der Waals surface area (Å²) in [5.41, 5.74) is 5.88. The van der Waals surface area contributed by atoms with E-state index in [2.05, 4.69) is 20.3 Å². The monoisotopic (exact) mass is 449 g/mol. The molecule has 2 amide bonds. The average Bonchev–Trinajstić information content (AvgIpc) is 3.09. The van der Waals surface area contributed by atoms with Crippen molar-refractivity contribution < 1.29 is 58.6 Å². The van der Waals surface area contributed by atoms with Crippen LogP contribution in [0.3, 0.4) is 0 Å². The van der Waals surface area contributed by atoms with E-state index in [0.29, 0.717) is 11.3 Å². The van der Waals surface area contributed by atoms with E-state index < -0.39 is 29.2 Å². The Morgan fingerprint density at radius 1 is 1.48 bits per heavy atom. The summed E-state index contributed by atoms with van der Waals surface area (Å²) in [6, 6.07) is -0.922. The summed E-state index contributed by atoms with van der Waals surface area (Å²) in [6.07, 6.45) is 0. The Bertz CT molecular complexity index is 888. The maximum atomic E-state index is 12.6. The molecule has 3 N–H and O–H groups in total. The van der Waals surface area contributed by atoms with Crippen molar-refractivity contribution in [1.29, 1.82) is 0 Å². The number of carbonyl (C=O) groups excluding carboxylic acids is 3. The Morgan fingerprint density at radius 2 is 2.21 bits per heavy atom. The van der Waals surface area contributed by atoms with Gasteiger partial charge < -0.3 is 30.5 Å². The topological polar surface area (TPSA) is 159 Å². The minimum atomic E-state index is -1.46. The summed E-state index contributed by atoms with van der Waals surface area (Å²) in [4.78, 5) is 46.4. The van der Waals surface area contributed by atoms with Crippen LogP contribution in [0.5, 0.6) is 0 Å². The quantitative estimate of drug-likeness (QED) is 0.180. The maximum absolute atomic E-state index is 12.6. The number of fused-ring (bicyclic) bond motifs is 1. The smallest absolute Gasteiger partial charge is 0.543 e. The van der Waals surface area contributed by atoms with E-state index in [0.717, 1.165) is 16.2 Å². The van der Waals surface area contributed by atoms with Gasteiger partial charge in [0.25, 0.3) is 11.8 Å². The molecule has 0 spiro atoms. The molecule has 11 nitrogen and oxygen atoms in total. The molecule has 1 aromatic rings. The first-order valence-electron chi connectivity index (χ1n) is 7.89. The van der Waals surface area contributed by atoms with Crippen molar-refractivity contribution in [3.8, 4) is 0 Å². The third-order valence-electron chi connectivity index (χ3n) is 4.01. The number of hydrogen-bond acceptors (Lipinski definition) is 11. The third kappa shape index (κ3) is 4.59. The van der Waals surface area contributed by atoms with Crippen molar-refractivity contribution in [3.63, 3.8) is 0 Å². The van der Waals surface area contributed by atoms with Gasteiger partial charge >= 0.3 is 29.6 Å². The Balaban J connectivity index is 0.00000300. The Morgan fingerprint density at radius 3 is 2.76 bits per heavy atom. The van der Waals surface area contributed by atoms with Gasteiger partial charge in [-0.1, -0.05) is 5.16 Å². The van der Waals surface area contributed by atoms with Crippen molar-refractivity contribution in [2.45, 2.75) is 11.4 Å². The fourth-order valence-electron chi connectivity index (χ4n) is 2.86. The first kappa shape index (κ1) is 23.6. The summed E-state index contributed by atoms with van der Waals surface area (Å²) < 4.78 is 4.99. The van der Waals surface area contributed by atoms with Crippen LogP contribution in [0.2, 0.25) is 0 Å². The molecular formula is C15H16N5NaO6S2. The molecule has 1 fully saturated rings. The standard InChI is InChI=1S/C15H17N5O6S2.Na/c1-25-3-6-4-27-13-9(12(22)20(13)10(6)14(23)24)18-11(21)8(19-26-2)7-5-28-15(16)17-7;/h5,9,13H,3-4H2,1-2H3,(H2,16,17)(H,18,21)(H,23,24);/q;+1/p-1/b19-8-;/t9-,13-;/m1./s1. The minimum absolute atomic E-state index is 0. The van der Waals surface area contributed by atoms with Crippen LogP contribution >= 0.6 is 23.1 Å². The maximum Gasteiger partial charge on any atom is 1.00 e. The van der Waals surface area contributed by atoms with Crippen LogP contribution in [0, 0.1) is 0 Å². The number of anilines is 1. The van der Waals surface area contributed by atoms with Gasteiger partial charge in [-0.2, -0.15) is 0 Å². The van der Waals surface area contributed by atoms with E-state index in [1.54, 1.807) is 0 Å². The number of carbonyl (C=O) groups is 3. The molecule has 0 radical (unpaired) electrons. The van der Waals surface area contributed by atoms with Crippen LogP contribution in [0.4, 0.5) is 5.13 Å². The second kappa shape index (κ2) is 9.91. The number of thioether (sulfide) groups is 1. The number of nitrogen functional groups attached to an aromatic ring is 1. The van der Waals surface area contributed by atoms with Crippen LogP contribution in [-0.4, -0.2) is 71.4 Å². The van der Waals surface area contributed by atoms with Crippen molar-refractivity contribution in [1.82, 2.24) is 15.2 Å². The van der Waals surface area contributed by atoms with Crippen LogP contribution in [0.25, 0.3) is 0 Å². The predicted octanol–water partition coefficient (Wildman–Crippen LogP) is -4.87. The van der Waals surface area contributed by atoms with Gasteiger partial charge in [-0.3, -0.25) is 14.5 Å². The zero-order chi connectivity index (χ0) is 20.4. The number of carboxylic acid groups (broad SMARTS) is 1. The number of aliphatic carboxylic acids is 1. The number of nitrogens with one attached hydrogen (secondary N) is 1. The molecule has 2 aliphatic heterocycles. The Kier molecular flexibility index (Phi) is 8.08. The fourth-order valence-corrected chi connectivity index (χ4v) is 4.73. The minimum Gasteiger partial charge on any atom is -0.543 e. The molecule has 1 aromatic heterocycles. The van der Waals surface area contributed by atoms with Gasteiger partial charge in [0, 0.05) is 18.2 Å². The molecule has 0 saturated carbocycles. The van der Waals surface area contributed by atoms with Crippen LogP contribution < -0.4 is 45.7 Å². The molecule has 3 rings (SSSR count). The molecule has 14 heteroatoms. The average molecular weight is 449 g/mol. The summed E-state index contributed by atoms with van der Waals surface area (Å²) in [5, 5.41) is 18.9. The number of oxime groups is 1. The van der Waals surface area contributed by atoms with Gasteiger partial charge in [0.1, 0.15) is 24.2 Å². The number of methoxy groups -OCH3 is 1.